The zero-order valence-corrected chi connectivity index (χ0v) is 22.3. The van der Waals surface area contributed by atoms with Crippen LogP contribution >= 0.6 is 15.9 Å². The molecular weight excluding hydrogens is 545 g/mol. The molecule has 0 unspecified atom stereocenters. The first-order valence-electron chi connectivity index (χ1n) is 12.2. The number of nitrogens with zero attached hydrogens (tertiary/aromatic N) is 2. The Kier molecular flexibility index (Phi) is 7.50. The van der Waals surface area contributed by atoms with Gasteiger partial charge in [0.15, 0.2) is 5.79 Å². The number of rotatable bonds is 7. The third-order valence-corrected chi connectivity index (χ3v) is 7.53. The molecule has 0 atom stereocenters. The molecular formula is C27H29BrFN3O5. The molecule has 1 spiro atoms. The minimum absolute atomic E-state index is 0.0142. The first-order valence-corrected chi connectivity index (χ1v) is 13.0. The van der Waals surface area contributed by atoms with E-state index < -0.39 is 11.6 Å². The molecule has 2 heterocycles. The summed E-state index contributed by atoms with van der Waals surface area (Å²) >= 11 is 3.32. The average molecular weight is 574 g/mol. The van der Waals surface area contributed by atoms with Crippen LogP contribution in [0.25, 0.3) is 11.3 Å². The average Bonchev–Trinajstić information content (AvgIpc) is 3.55. The van der Waals surface area contributed by atoms with Crippen molar-refractivity contribution in [2.75, 3.05) is 27.4 Å². The van der Waals surface area contributed by atoms with Gasteiger partial charge in [-0.2, -0.15) is 5.10 Å². The highest BCUT2D eigenvalue weighted by Crippen LogP contribution is 2.42. The second kappa shape index (κ2) is 10.8. The van der Waals surface area contributed by atoms with Crippen LogP contribution in [0.5, 0.6) is 11.5 Å². The van der Waals surface area contributed by atoms with Crippen molar-refractivity contribution in [1.29, 1.82) is 0 Å². The Morgan fingerprint density at radius 1 is 1.16 bits per heavy atom. The zero-order valence-electron chi connectivity index (χ0n) is 20.8. The smallest absolute Gasteiger partial charge is 0.255 e. The van der Waals surface area contributed by atoms with Crippen molar-refractivity contribution in [3.8, 4) is 22.8 Å². The Balaban J connectivity index is 1.43. The summed E-state index contributed by atoms with van der Waals surface area (Å²) < 4.78 is 40.0. The number of nitrogens with one attached hydrogen (secondary N) is 1. The van der Waals surface area contributed by atoms with Gasteiger partial charge in [0.25, 0.3) is 5.91 Å². The summed E-state index contributed by atoms with van der Waals surface area (Å²) in [6, 6.07) is 10.2. The fraction of sp³-hybridized carbons (Fsp3) is 0.407. The molecule has 1 amide bonds. The number of carbonyl (C=O) groups excluding carboxylic acids is 1. The fourth-order valence-corrected chi connectivity index (χ4v) is 5.43. The Morgan fingerprint density at radius 2 is 1.92 bits per heavy atom. The minimum atomic E-state index is -0.524. The van der Waals surface area contributed by atoms with E-state index in [1.165, 1.54) is 12.3 Å². The van der Waals surface area contributed by atoms with Crippen molar-refractivity contribution >= 4 is 21.8 Å². The maximum atomic E-state index is 15.2. The number of methoxy groups -OCH3 is 2. The molecule has 1 aliphatic heterocycles. The molecule has 2 aromatic carbocycles. The lowest BCUT2D eigenvalue weighted by atomic mass is 9.89. The van der Waals surface area contributed by atoms with Gasteiger partial charge >= 0.3 is 0 Å². The highest BCUT2D eigenvalue weighted by molar-refractivity contribution is 9.10. The monoisotopic (exact) mass is 573 g/mol. The fourth-order valence-electron chi connectivity index (χ4n) is 5.10. The minimum Gasteiger partial charge on any atom is -0.497 e. The second-order valence-electron chi connectivity index (χ2n) is 9.17. The van der Waals surface area contributed by atoms with Crippen molar-refractivity contribution in [2.45, 2.75) is 44.1 Å². The summed E-state index contributed by atoms with van der Waals surface area (Å²) in [7, 11) is 3.14. The molecule has 37 heavy (non-hydrogen) atoms. The third-order valence-electron chi connectivity index (χ3n) is 7.04. The lowest BCUT2D eigenvalue weighted by Crippen LogP contribution is -2.36. The van der Waals surface area contributed by atoms with Gasteiger partial charge in [-0.1, -0.05) is 15.9 Å². The van der Waals surface area contributed by atoms with Crippen molar-refractivity contribution in [1.82, 2.24) is 15.1 Å². The van der Waals surface area contributed by atoms with Gasteiger partial charge in [-0.3, -0.25) is 9.48 Å². The van der Waals surface area contributed by atoms with Crippen molar-refractivity contribution in [3.05, 3.63) is 64.0 Å². The summed E-state index contributed by atoms with van der Waals surface area (Å²) in [6.07, 6.45) is 4.45. The highest BCUT2D eigenvalue weighted by atomic mass is 79.9. The number of aromatic nitrogens is 2. The van der Waals surface area contributed by atoms with Gasteiger partial charge < -0.3 is 24.3 Å². The van der Waals surface area contributed by atoms with E-state index in [1.54, 1.807) is 43.2 Å². The summed E-state index contributed by atoms with van der Waals surface area (Å²) in [6.45, 7) is 1.43. The number of halogens is 2. The molecule has 3 aromatic rings. The van der Waals surface area contributed by atoms with Crippen molar-refractivity contribution in [2.24, 2.45) is 0 Å². The van der Waals surface area contributed by atoms with Crippen LogP contribution in [-0.4, -0.2) is 48.9 Å². The first kappa shape index (κ1) is 25.7. The summed E-state index contributed by atoms with van der Waals surface area (Å²) in [5.41, 5.74) is 1.87. The number of hydrogen-bond donors (Lipinski definition) is 1. The number of amides is 1. The van der Waals surface area contributed by atoms with E-state index in [1.807, 2.05) is 6.07 Å². The van der Waals surface area contributed by atoms with Crippen molar-refractivity contribution < 1.29 is 28.1 Å². The van der Waals surface area contributed by atoms with Crippen LogP contribution in [-0.2, 0) is 16.0 Å². The quantitative estimate of drug-likeness (QED) is 0.415. The van der Waals surface area contributed by atoms with Gasteiger partial charge in [0.05, 0.1) is 50.9 Å². The van der Waals surface area contributed by atoms with E-state index in [-0.39, 0.29) is 18.5 Å². The van der Waals surface area contributed by atoms with E-state index in [2.05, 4.69) is 26.3 Å². The Morgan fingerprint density at radius 3 is 2.59 bits per heavy atom. The predicted octanol–water partition coefficient (Wildman–Crippen LogP) is 5.26. The molecule has 5 rings (SSSR count). The van der Waals surface area contributed by atoms with Crippen LogP contribution < -0.4 is 14.8 Å². The van der Waals surface area contributed by atoms with Crippen LogP contribution in [0, 0.1) is 5.82 Å². The lowest BCUT2D eigenvalue weighted by Gasteiger charge is -2.36. The van der Waals surface area contributed by atoms with Crippen LogP contribution in [0.15, 0.2) is 47.1 Å². The molecule has 0 bridgehead atoms. The molecule has 1 aromatic heterocycles. The van der Waals surface area contributed by atoms with Crippen LogP contribution in [0.3, 0.4) is 0 Å². The number of benzene rings is 2. The molecule has 10 heteroatoms. The largest absolute Gasteiger partial charge is 0.497 e. The summed E-state index contributed by atoms with van der Waals surface area (Å²) in [4.78, 5) is 13.4. The molecule has 8 nitrogen and oxygen atoms in total. The van der Waals surface area contributed by atoms with E-state index >= 15 is 4.39 Å². The highest BCUT2D eigenvalue weighted by Gasteiger charge is 2.41. The molecule has 196 valence electrons. The van der Waals surface area contributed by atoms with Gasteiger partial charge in [-0.25, -0.2) is 4.39 Å². The van der Waals surface area contributed by atoms with E-state index in [0.717, 1.165) is 31.2 Å². The van der Waals surface area contributed by atoms with Gasteiger partial charge in [-0.15, -0.1) is 0 Å². The van der Waals surface area contributed by atoms with Crippen LogP contribution in [0.4, 0.5) is 4.39 Å². The summed E-state index contributed by atoms with van der Waals surface area (Å²) in [5.74, 6) is -0.0524. The molecule has 0 radical (unpaired) electrons. The van der Waals surface area contributed by atoms with Crippen LogP contribution in [0.1, 0.15) is 47.6 Å². The van der Waals surface area contributed by atoms with E-state index in [9.17, 15) is 4.79 Å². The number of carbonyl (C=O) groups is 1. The van der Waals surface area contributed by atoms with Gasteiger partial charge in [0.1, 0.15) is 17.3 Å². The number of ether oxygens (including phenoxy) is 4. The van der Waals surface area contributed by atoms with Gasteiger partial charge in [0, 0.05) is 41.1 Å². The lowest BCUT2D eigenvalue weighted by molar-refractivity contribution is -0.181. The molecule has 1 saturated heterocycles. The maximum Gasteiger partial charge on any atom is 0.255 e. The van der Waals surface area contributed by atoms with Gasteiger partial charge in [0.2, 0.25) is 0 Å². The molecule has 1 aliphatic carbocycles. The Bertz CT molecular complexity index is 1280. The molecule has 1 saturated carbocycles. The first-order chi connectivity index (χ1) is 17.9. The second-order valence-corrected chi connectivity index (χ2v) is 10.1. The Hall–Kier alpha value is -2.95. The maximum absolute atomic E-state index is 15.2. The molecule has 1 N–H and O–H groups in total. The SMILES string of the molecule is COc1ccc(CNC(=O)c2cnn(C3CCC4(CC3)OCCO4)c2-c2ccc(Br)cc2F)c(OC)c1. The van der Waals surface area contributed by atoms with Crippen molar-refractivity contribution in [3.63, 3.8) is 0 Å². The van der Waals surface area contributed by atoms with E-state index in [0.29, 0.717) is 46.0 Å². The van der Waals surface area contributed by atoms with E-state index in [4.69, 9.17) is 18.9 Å². The standard InChI is InChI=1S/C27H29BrFN3O5/c1-34-20-5-3-17(24(14-20)35-2)15-30-26(33)22-16-31-32(25(22)21-6-4-18(28)13-23(21)29)19-7-9-27(10-8-19)36-11-12-37-27/h3-6,13-14,16,19H,7-12,15H2,1-2H3,(H,30,33). The third kappa shape index (κ3) is 5.23. The Labute approximate surface area is 223 Å². The number of hydrogen-bond acceptors (Lipinski definition) is 6. The topological polar surface area (TPSA) is 83.8 Å². The summed E-state index contributed by atoms with van der Waals surface area (Å²) in [5, 5.41) is 7.52. The van der Waals surface area contributed by atoms with Crippen LogP contribution in [0.2, 0.25) is 0 Å². The molecule has 2 fully saturated rings. The zero-order chi connectivity index (χ0) is 26.0. The normalized spacial score (nSPS) is 17.2. The molecule has 2 aliphatic rings. The van der Waals surface area contributed by atoms with Gasteiger partial charge in [-0.05, 0) is 43.2 Å². The predicted molar refractivity (Wildman–Crippen MR) is 138 cm³/mol.